The molecule has 5 rings (SSSR count). The van der Waals surface area contributed by atoms with Crippen LogP contribution in [0.3, 0.4) is 0 Å². The maximum atomic E-state index is 13.9. The summed E-state index contributed by atoms with van der Waals surface area (Å²) in [7, 11) is 0. The summed E-state index contributed by atoms with van der Waals surface area (Å²) in [5.74, 6) is -5.30. The number of hydrogen-bond acceptors (Lipinski definition) is 4. The van der Waals surface area contributed by atoms with Gasteiger partial charge in [-0.15, -0.1) is 0 Å². The molecule has 2 saturated heterocycles. The van der Waals surface area contributed by atoms with Gasteiger partial charge in [-0.05, 0) is 74.1 Å². The zero-order valence-corrected chi connectivity index (χ0v) is 23.9. The summed E-state index contributed by atoms with van der Waals surface area (Å²) in [5, 5.41) is 9.48. The molecule has 0 aromatic heterocycles. The molecule has 2 aromatic rings. The molecule has 0 bridgehead atoms. The molecule has 1 aliphatic carbocycles. The summed E-state index contributed by atoms with van der Waals surface area (Å²) < 4.78 is 101. The molecule has 2 amide bonds. The fourth-order valence-corrected chi connectivity index (χ4v) is 6.71. The molecule has 0 saturated carbocycles. The number of phenolic OH excluding ortho intramolecular Hbond substituents is 1. The van der Waals surface area contributed by atoms with Gasteiger partial charge in [0.1, 0.15) is 0 Å². The highest BCUT2D eigenvalue weighted by Gasteiger charge is 2.57. The van der Waals surface area contributed by atoms with E-state index in [4.69, 9.17) is 4.74 Å². The summed E-state index contributed by atoms with van der Waals surface area (Å²) in [6.45, 7) is 3.88. The van der Waals surface area contributed by atoms with Gasteiger partial charge >= 0.3 is 12.4 Å². The Kier molecular flexibility index (Phi) is 8.43. The number of allylic oxidation sites excluding steroid dienone is 2. The van der Waals surface area contributed by atoms with Crippen LogP contribution in [0.4, 0.5) is 36.4 Å². The number of hydrogen-bond donors (Lipinski definition) is 1. The van der Waals surface area contributed by atoms with Crippen LogP contribution in [-0.4, -0.2) is 29.6 Å². The van der Waals surface area contributed by atoms with Gasteiger partial charge in [-0.25, -0.2) is 9.29 Å². The summed E-state index contributed by atoms with van der Waals surface area (Å²) in [6, 6.07) is 4.87. The predicted molar refractivity (Wildman–Crippen MR) is 147 cm³/mol. The Morgan fingerprint density at radius 3 is 2.23 bits per heavy atom. The normalized spacial score (nSPS) is 24.3. The summed E-state index contributed by atoms with van der Waals surface area (Å²) in [6.07, 6.45) is -6.05. The molecule has 0 unspecified atom stereocenters. The van der Waals surface area contributed by atoms with Gasteiger partial charge < -0.3 is 9.84 Å². The number of ether oxygens (including phenoxy) is 1. The zero-order valence-electron chi connectivity index (χ0n) is 23.9. The molecule has 0 spiro atoms. The van der Waals surface area contributed by atoms with E-state index in [1.165, 1.54) is 12.1 Å². The van der Waals surface area contributed by atoms with Gasteiger partial charge in [-0.3, -0.25) is 9.59 Å². The topological polar surface area (TPSA) is 66.8 Å². The number of fused-ring (bicyclic) bond motifs is 3. The van der Waals surface area contributed by atoms with Crippen LogP contribution in [-0.2, 0) is 26.7 Å². The molecule has 2 heterocycles. The smallest absolute Gasteiger partial charge is 0.416 e. The number of nitrogens with zero attached hydrogens (tertiary/aromatic N) is 1. The quantitative estimate of drug-likeness (QED) is 0.192. The average Bonchev–Trinajstić information content (AvgIpc) is 3.47. The SMILES string of the molecule is CCC/C(=C\c1ccc(O)c(F)c1)CC[C@H]1OC[C@H]2C1=C(C)C[C@H]1C(=O)N(c3cc(C(F)(F)F)cc(C(F)(F)F)c3)C(=O)[C@H]12. The number of carbonyl (C=O) groups excluding carboxylic acids is 2. The van der Waals surface area contributed by atoms with Gasteiger partial charge in [0.15, 0.2) is 11.6 Å². The van der Waals surface area contributed by atoms with Crippen molar-refractivity contribution in [2.75, 3.05) is 11.5 Å². The van der Waals surface area contributed by atoms with E-state index in [-0.39, 0.29) is 19.1 Å². The van der Waals surface area contributed by atoms with E-state index in [1.807, 2.05) is 13.0 Å². The summed E-state index contributed by atoms with van der Waals surface area (Å²) in [5.41, 5.74) is -0.732. The number of rotatable bonds is 7. The second kappa shape index (κ2) is 11.7. The van der Waals surface area contributed by atoms with Gasteiger partial charge in [0.25, 0.3) is 0 Å². The predicted octanol–water partition coefficient (Wildman–Crippen LogP) is 8.07. The second-order valence-corrected chi connectivity index (χ2v) is 11.6. The van der Waals surface area contributed by atoms with Crippen molar-refractivity contribution in [2.45, 2.75) is 64.4 Å². The first-order valence-electron chi connectivity index (χ1n) is 14.3. The monoisotopic (exact) mass is 625 g/mol. The fraction of sp³-hybridized carbons (Fsp3) is 0.438. The van der Waals surface area contributed by atoms with Crippen molar-refractivity contribution in [2.24, 2.45) is 17.8 Å². The third-order valence-electron chi connectivity index (χ3n) is 8.62. The highest BCUT2D eigenvalue weighted by Crippen LogP contribution is 2.51. The number of alkyl halides is 6. The number of phenols is 1. The van der Waals surface area contributed by atoms with Gasteiger partial charge in [0.2, 0.25) is 11.8 Å². The number of amides is 2. The van der Waals surface area contributed by atoms with Crippen molar-refractivity contribution in [3.8, 4) is 5.75 Å². The van der Waals surface area contributed by atoms with Crippen molar-refractivity contribution < 1.29 is 50.2 Å². The average molecular weight is 626 g/mol. The van der Waals surface area contributed by atoms with E-state index in [0.29, 0.717) is 35.4 Å². The molecule has 44 heavy (non-hydrogen) atoms. The largest absolute Gasteiger partial charge is 0.505 e. The Labute approximate surface area is 249 Å². The number of carbonyl (C=O) groups is 2. The van der Waals surface area contributed by atoms with Crippen molar-refractivity contribution in [1.82, 2.24) is 0 Å². The maximum absolute atomic E-state index is 13.9. The first-order chi connectivity index (χ1) is 20.6. The molecule has 2 aromatic carbocycles. The standard InChI is InChI=1S/C32H30F7NO4/c1-3-4-17(10-18-5-7-25(41)24(33)11-18)6-8-26-27-16(2)9-22-28(23(27)15-44-26)30(43)40(29(22)42)21-13-19(31(34,35)36)12-20(14-21)32(37,38)39/h5,7,10-14,22-23,26,28,41H,3-4,6,8-9,15H2,1-2H3/b17-10+/t22-,23+,26-,28-/m1/s1. The third kappa shape index (κ3) is 6.00. The minimum Gasteiger partial charge on any atom is -0.505 e. The van der Waals surface area contributed by atoms with Crippen LogP contribution >= 0.6 is 0 Å². The number of imide groups is 1. The molecule has 12 heteroatoms. The van der Waals surface area contributed by atoms with E-state index in [1.54, 1.807) is 13.0 Å². The Hall–Kier alpha value is -3.67. The minimum absolute atomic E-state index is 0.0415. The lowest BCUT2D eigenvalue weighted by Gasteiger charge is -2.30. The highest BCUT2D eigenvalue weighted by molar-refractivity contribution is 6.22. The van der Waals surface area contributed by atoms with Crippen molar-refractivity contribution >= 4 is 23.6 Å². The van der Waals surface area contributed by atoms with Crippen LogP contribution in [0.2, 0.25) is 0 Å². The lowest BCUT2D eigenvalue weighted by Crippen LogP contribution is -2.34. The number of benzene rings is 2. The molecule has 1 N–H and O–H groups in total. The number of halogens is 7. The van der Waals surface area contributed by atoms with Crippen LogP contribution < -0.4 is 4.90 Å². The molecular weight excluding hydrogens is 595 g/mol. The minimum atomic E-state index is -5.13. The van der Waals surface area contributed by atoms with E-state index < -0.39 is 76.4 Å². The molecule has 3 aliphatic rings. The molecule has 5 nitrogen and oxygen atoms in total. The van der Waals surface area contributed by atoms with Gasteiger partial charge in [0.05, 0.1) is 41.4 Å². The van der Waals surface area contributed by atoms with E-state index in [9.17, 15) is 45.4 Å². The van der Waals surface area contributed by atoms with Gasteiger partial charge in [0, 0.05) is 5.92 Å². The zero-order chi connectivity index (χ0) is 32.1. The molecule has 2 fully saturated rings. The second-order valence-electron chi connectivity index (χ2n) is 11.6. The summed E-state index contributed by atoms with van der Waals surface area (Å²) in [4.78, 5) is 27.5. The van der Waals surface area contributed by atoms with Crippen LogP contribution in [0.25, 0.3) is 6.08 Å². The summed E-state index contributed by atoms with van der Waals surface area (Å²) >= 11 is 0. The highest BCUT2D eigenvalue weighted by atomic mass is 19.4. The first kappa shape index (κ1) is 31.7. The number of anilines is 1. The van der Waals surface area contributed by atoms with Crippen LogP contribution in [0.5, 0.6) is 5.75 Å². The Morgan fingerprint density at radius 1 is 0.977 bits per heavy atom. The fourth-order valence-electron chi connectivity index (χ4n) is 6.71. The van der Waals surface area contributed by atoms with Crippen LogP contribution in [0, 0.1) is 23.6 Å². The van der Waals surface area contributed by atoms with E-state index in [0.717, 1.165) is 29.6 Å². The van der Waals surface area contributed by atoms with Crippen molar-refractivity contribution in [3.05, 3.63) is 75.6 Å². The lowest BCUT2D eigenvalue weighted by atomic mass is 9.70. The van der Waals surface area contributed by atoms with Gasteiger partial charge in [-0.1, -0.05) is 36.6 Å². The molecule has 236 valence electrons. The van der Waals surface area contributed by atoms with Crippen LogP contribution in [0.1, 0.15) is 62.6 Å². The van der Waals surface area contributed by atoms with E-state index >= 15 is 0 Å². The third-order valence-corrected chi connectivity index (χ3v) is 8.62. The maximum Gasteiger partial charge on any atom is 0.416 e. The lowest BCUT2D eigenvalue weighted by molar-refractivity contribution is -0.143. The Balaban J connectivity index is 1.39. The van der Waals surface area contributed by atoms with Crippen molar-refractivity contribution in [3.63, 3.8) is 0 Å². The molecular formula is C32H30F7NO4. The molecule has 4 atom stereocenters. The van der Waals surface area contributed by atoms with Gasteiger partial charge in [-0.2, -0.15) is 26.3 Å². The molecule has 0 radical (unpaired) electrons. The van der Waals surface area contributed by atoms with Crippen molar-refractivity contribution in [1.29, 1.82) is 0 Å². The number of aromatic hydroxyl groups is 1. The Morgan fingerprint density at radius 2 is 1.64 bits per heavy atom. The van der Waals surface area contributed by atoms with E-state index in [2.05, 4.69) is 0 Å². The molecule has 2 aliphatic heterocycles. The van der Waals surface area contributed by atoms with Crippen LogP contribution in [0.15, 0.2) is 53.1 Å². The first-order valence-corrected chi connectivity index (χ1v) is 14.3. The Bertz CT molecular complexity index is 1510.